The minimum absolute atomic E-state index is 0.00916. The van der Waals surface area contributed by atoms with Gasteiger partial charge in [0.15, 0.2) is 5.69 Å². The van der Waals surface area contributed by atoms with Gasteiger partial charge in [0.25, 0.3) is 5.91 Å². The van der Waals surface area contributed by atoms with Gasteiger partial charge in [-0.15, -0.1) is 0 Å². The summed E-state index contributed by atoms with van der Waals surface area (Å²) >= 11 is 0. The van der Waals surface area contributed by atoms with Crippen LogP contribution in [0.3, 0.4) is 0 Å². The van der Waals surface area contributed by atoms with Crippen molar-refractivity contribution >= 4 is 28.4 Å². The predicted octanol–water partition coefficient (Wildman–Crippen LogP) is 3.30. The average Bonchev–Trinajstić information content (AvgIpc) is 3.58. The number of nitrogens with one attached hydrogen (secondary N) is 3. The molecule has 1 saturated carbocycles. The lowest BCUT2D eigenvalue weighted by Gasteiger charge is -2.41. The summed E-state index contributed by atoms with van der Waals surface area (Å²) in [6.45, 7) is 2.03. The summed E-state index contributed by atoms with van der Waals surface area (Å²) in [4.78, 5) is 25.7. The molecule has 4 unspecified atom stereocenters. The van der Waals surface area contributed by atoms with Gasteiger partial charge in [-0.05, 0) is 54.5 Å². The fraction of sp³-hybridized carbons (Fsp3) is 0.464. The monoisotopic (exact) mass is 503 g/mol. The Kier molecular flexibility index (Phi) is 6.67. The number of carbonyl (C=O) groups excluding carboxylic acids is 2. The molecule has 2 aliphatic heterocycles. The Balaban J connectivity index is 1.24. The zero-order chi connectivity index (χ0) is 25.4. The third-order valence-corrected chi connectivity index (χ3v) is 8.17. The maximum atomic E-state index is 13.4. The SMILES string of the molecule is O=C(Nc1ccc(C2NNC(=O)C3CCCCC32)c(CO)c1)c1nn(CC2CCOC2)c2ccccc12. The fourth-order valence-corrected chi connectivity index (χ4v) is 6.26. The Morgan fingerprint density at radius 1 is 1.16 bits per heavy atom. The molecule has 3 heterocycles. The van der Waals surface area contributed by atoms with Crippen molar-refractivity contribution in [2.45, 2.75) is 51.3 Å². The molecule has 1 aliphatic carbocycles. The van der Waals surface area contributed by atoms with Gasteiger partial charge >= 0.3 is 0 Å². The van der Waals surface area contributed by atoms with Crippen LogP contribution in [-0.4, -0.2) is 39.9 Å². The van der Waals surface area contributed by atoms with Crippen molar-refractivity contribution in [3.63, 3.8) is 0 Å². The summed E-state index contributed by atoms with van der Waals surface area (Å²) in [5, 5.41) is 18.7. The third-order valence-electron chi connectivity index (χ3n) is 8.17. The Morgan fingerprint density at radius 3 is 2.86 bits per heavy atom. The van der Waals surface area contributed by atoms with E-state index in [0.29, 0.717) is 30.5 Å². The fourth-order valence-electron chi connectivity index (χ4n) is 6.26. The average molecular weight is 504 g/mol. The van der Waals surface area contributed by atoms with Gasteiger partial charge in [0.2, 0.25) is 5.91 Å². The van der Waals surface area contributed by atoms with E-state index in [2.05, 4.69) is 21.3 Å². The number of hydrogen-bond acceptors (Lipinski definition) is 6. The lowest BCUT2D eigenvalue weighted by atomic mass is 9.71. The number of nitrogens with zero attached hydrogens (tertiary/aromatic N) is 2. The van der Waals surface area contributed by atoms with Gasteiger partial charge in [-0.3, -0.25) is 19.7 Å². The number of carbonyl (C=O) groups is 2. The molecule has 9 nitrogen and oxygen atoms in total. The van der Waals surface area contributed by atoms with Gasteiger partial charge < -0.3 is 15.2 Å². The third kappa shape index (κ3) is 4.63. The Hall–Kier alpha value is -3.27. The van der Waals surface area contributed by atoms with Crippen LogP contribution in [0.5, 0.6) is 0 Å². The summed E-state index contributed by atoms with van der Waals surface area (Å²) in [7, 11) is 0. The van der Waals surface area contributed by atoms with Gasteiger partial charge in [0, 0.05) is 36.1 Å². The van der Waals surface area contributed by atoms with Crippen LogP contribution >= 0.6 is 0 Å². The van der Waals surface area contributed by atoms with Crippen LogP contribution in [-0.2, 0) is 22.7 Å². The highest BCUT2D eigenvalue weighted by molar-refractivity contribution is 6.11. The molecular formula is C28H33N5O4. The highest BCUT2D eigenvalue weighted by atomic mass is 16.5. The number of ether oxygens (including phenoxy) is 1. The molecule has 3 fully saturated rings. The van der Waals surface area contributed by atoms with Gasteiger partial charge in [0.1, 0.15) is 0 Å². The summed E-state index contributed by atoms with van der Waals surface area (Å²) in [6.07, 6.45) is 5.03. The van der Waals surface area contributed by atoms with Gasteiger partial charge in [0.05, 0.1) is 24.8 Å². The van der Waals surface area contributed by atoms with Crippen LogP contribution in [0.2, 0.25) is 0 Å². The van der Waals surface area contributed by atoms with Crippen molar-refractivity contribution in [1.82, 2.24) is 20.6 Å². The molecule has 37 heavy (non-hydrogen) atoms. The van der Waals surface area contributed by atoms with E-state index in [1.54, 1.807) is 0 Å². The molecule has 0 radical (unpaired) electrons. The second-order valence-corrected chi connectivity index (χ2v) is 10.5. The second kappa shape index (κ2) is 10.2. The number of fused-ring (bicyclic) bond motifs is 2. The maximum absolute atomic E-state index is 13.4. The van der Waals surface area contributed by atoms with Crippen LogP contribution in [0.1, 0.15) is 59.8 Å². The van der Waals surface area contributed by atoms with Crippen LogP contribution in [0, 0.1) is 17.8 Å². The molecule has 4 atom stereocenters. The van der Waals surface area contributed by atoms with Crippen molar-refractivity contribution < 1.29 is 19.4 Å². The molecule has 0 bridgehead atoms. The minimum Gasteiger partial charge on any atom is -0.392 e. The van der Waals surface area contributed by atoms with Gasteiger partial charge in [-0.2, -0.15) is 5.10 Å². The first-order chi connectivity index (χ1) is 18.1. The van der Waals surface area contributed by atoms with Gasteiger partial charge in [-0.1, -0.05) is 37.1 Å². The molecule has 0 spiro atoms. The van der Waals surface area contributed by atoms with E-state index in [0.717, 1.165) is 60.7 Å². The number of aliphatic hydroxyl groups is 1. The van der Waals surface area contributed by atoms with Crippen molar-refractivity contribution in [2.75, 3.05) is 18.5 Å². The highest BCUT2D eigenvalue weighted by Gasteiger charge is 2.41. The zero-order valence-corrected chi connectivity index (χ0v) is 20.8. The lowest BCUT2D eigenvalue weighted by Crippen LogP contribution is -2.55. The molecule has 4 N–H and O–H groups in total. The van der Waals surface area contributed by atoms with Crippen molar-refractivity contribution in [3.8, 4) is 0 Å². The van der Waals surface area contributed by atoms with Crippen molar-refractivity contribution in [2.24, 2.45) is 17.8 Å². The number of anilines is 1. The van der Waals surface area contributed by atoms with Crippen molar-refractivity contribution in [1.29, 1.82) is 0 Å². The van der Waals surface area contributed by atoms with Crippen LogP contribution < -0.4 is 16.2 Å². The molecule has 3 aromatic rings. The molecule has 2 amide bonds. The topological polar surface area (TPSA) is 118 Å². The maximum Gasteiger partial charge on any atom is 0.276 e. The van der Waals surface area contributed by atoms with Crippen molar-refractivity contribution in [3.05, 3.63) is 59.3 Å². The number of aromatic nitrogens is 2. The predicted molar refractivity (Wildman–Crippen MR) is 138 cm³/mol. The minimum atomic E-state index is -0.287. The van der Waals surface area contributed by atoms with Crippen LogP contribution in [0.4, 0.5) is 5.69 Å². The van der Waals surface area contributed by atoms with Crippen LogP contribution in [0.25, 0.3) is 10.9 Å². The molecule has 2 aromatic carbocycles. The molecule has 1 aromatic heterocycles. The normalized spacial score (nSPS) is 25.6. The standard InChI is InChI=1S/C28H33N5O4/c34-15-18-13-19(9-10-20(18)25-21-5-1-2-6-22(21)27(35)31-30-25)29-28(36)26-23-7-3-4-8-24(23)33(32-26)14-17-11-12-37-16-17/h3-4,7-10,13,17,21-22,25,30,34H,1-2,5-6,11-12,14-16H2,(H,29,36)(H,31,35). The Labute approximate surface area is 215 Å². The molecule has 3 aliphatic rings. The summed E-state index contributed by atoms with van der Waals surface area (Å²) in [6, 6.07) is 13.3. The molecule has 9 heteroatoms. The van der Waals surface area contributed by atoms with Gasteiger partial charge in [-0.25, -0.2) is 5.43 Å². The molecule has 6 rings (SSSR count). The van der Waals surface area contributed by atoms with E-state index in [1.165, 1.54) is 0 Å². The van der Waals surface area contributed by atoms with E-state index >= 15 is 0 Å². The quantitative estimate of drug-likeness (QED) is 0.410. The number of amides is 2. The largest absolute Gasteiger partial charge is 0.392 e. The first-order valence-electron chi connectivity index (χ1n) is 13.3. The molecule has 194 valence electrons. The number of para-hydroxylation sites is 1. The zero-order valence-electron chi connectivity index (χ0n) is 20.8. The Morgan fingerprint density at radius 2 is 2.03 bits per heavy atom. The number of rotatable bonds is 6. The van der Waals surface area contributed by atoms with E-state index in [4.69, 9.17) is 4.74 Å². The highest BCUT2D eigenvalue weighted by Crippen LogP contribution is 2.41. The lowest BCUT2D eigenvalue weighted by molar-refractivity contribution is -0.133. The smallest absolute Gasteiger partial charge is 0.276 e. The number of hydrazine groups is 1. The summed E-state index contributed by atoms with van der Waals surface area (Å²) in [5.41, 5.74) is 9.60. The summed E-state index contributed by atoms with van der Waals surface area (Å²) < 4.78 is 7.43. The van der Waals surface area contributed by atoms with E-state index in [1.807, 2.05) is 47.1 Å². The van der Waals surface area contributed by atoms with E-state index in [9.17, 15) is 14.7 Å². The number of benzene rings is 2. The number of aliphatic hydroxyl groups excluding tert-OH is 1. The van der Waals surface area contributed by atoms with E-state index in [-0.39, 0.29) is 36.3 Å². The van der Waals surface area contributed by atoms with E-state index < -0.39 is 0 Å². The second-order valence-electron chi connectivity index (χ2n) is 10.5. The Bertz CT molecular complexity index is 1320. The summed E-state index contributed by atoms with van der Waals surface area (Å²) in [5.74, 6) is 0.340. The first kappa shape index (κ1) is 24.1. The molecular weight excluding hydrogens is 470 g/mol. The number of hydrogen-bond donors (Lipinski definition) is 4. The first-order valence-corrected chi connectivity index (χ1v) is 13.3. The molecule has 2 saturated heterocycles. The van der Waals surface area contributed by atoms with Crippen LogP contribution in [0.15, 0.2) is 42.5 Å².